The Balaban J connectivity index is 2.22. The highest BCUT2D eigenvalue weighted by Crippen LogP contribution is 2.24. The molecule has 0 aliphatic heterocycles. The minimum absolute atomic E-state index is 0.197. The molecule has 0 aromatic heterocycles. The number of carbonyl (C=O) groups excluding carboxylic acids is 1. The molecule has 0 spiro atoms. The summed E-state index contributed by atoms with van der Waals surface area (Å²) in [5.74, 6) is 1.27. The molecular formula is C11H22N2O. The first-order valence-corrected chi connectivity index (χ1v) is 5.61. The van der Waals surface area contributed by atoms with Crippen molar-refractivity contribution in [2.24, 2.45) is 17.6 Å². The highest BCUT2D eigenvalue weighted by Gasteiger charge is 2.24. The van der Waals surface area contributed by atoms with E-state index in [1.807, 2.05) is 0 Å². The van der Waals surface area contributed by atoms with Crippen LogP contribution in [0, 0.1) is 11.8 Å². The molecule has 2 unspecified atom stereocenters. The van der Waals surface area contributed by atoms with Crippen molar-refractivity contribution < 1.29 is 4.79 Å². The lowest BCUT2D eigenvalue weighted by Crippen LogP contribution is -2.33. The van der Waals surface area contributed by atoms with E-state index in [0.29, 0.717) is 24.3 Å². The zero-order valence-electron chi connectivity index (χ0n) is 9.25. The van der Waals surface area contributed by atoms with Crippen LogP contribution >= 0.6 is 0 Å². The fourth-order valence-electron chi connectivity index (χ4n) is 2.08. The van der Waals surface area contributed by atoms with Crippen LogP contribution in [-0.4, -0.2) is 18.5 Å². The van der Waals surface area contributed by atoms with Crippen LogP contribution in [0.5, 0.6) is 0 Å². The number of amides is 1. The quantitative estimate of drug-likeness (QED) is 0.715. The van der Waals surface area contributed by atoms with Gasteiger partial charge in [0.1, 0.15) is 0 Å². The molecule has 1 fully saturated rings. The summed E-state index contributed by atoms with van der Waals surface area (Å²) in [6.07, 6.45) is 3.99. The van der Waals surface area contributed by atoms with E-state index in [1.165, 1.54) is 6.42 Å². The number of rotatable bonds is 4. The zero-order valence-corrected chi connectivity index (χ0v) is 9.25. The lowest BCUT2D eigenvalue weighted by molar-refractivity contribution is -0.122. The van der Waals surface area contributed by atoms with Crippen molar-refractivity contribution in [3.8, 4) is 0 Å². The minimum atomic E-state index is 0.197. The van der Waals surface area contributed by atoms with Gasteiger partial charge in [0.2, 0.25) is 5.91 Å². The Bertz CT molecular complexity index is 192. The number of hydrogen-bond acceptors (Lipinski definition) is 2. The molecule has 1 aliphatic rings. The Kier molecular flexibility index (Phi) is 4.39. The molecule has 0 radical (unpaired) electrons. The smallest absolute Gasteiger partial charge is 0.220 e. The highest BCUT2D eigenvalue weighted by molar-refractivity contribution is 5.76. The number of carbonyl (C=O) groups is 1. The lowest BCUT2D eigenvalue weighted by atomic mass is 10.1. The molecule has 0 heterocycles. The first-order chi connectivity index (χ1) is 6.61. The van der Waals surface area contributed by atoms with Gasteiger partial charge in [-0.1, -0.05) is 13.8 Å². The Hall–Kier alpha value is -0.570. The Labute approximate surface area is 86.4 Å². The first kappa shape index (κ1) is 11.5. The molecule has 1 aliphatic carbocycles. The van der Waals surface area contributed by atoms with Crippen molar-refractivity contribution in [2.75, 3.05) is 6.54 Å². The van der Waals surface area contributed by atoms with E-state index >= 15 is 0 Å². The average Bonchev–Trinajstić information content (AvgIpc) is 2.50. The van der Waals surface area contributed by atoms with Crippen molar-refractivity contribution >= 4 is 5.91 Å². The van der Waals surface area contributed by atoms with Gasteiger partial charge in [0.15, 0.2) is 0 Å². The molecule has 3 N–H and O–H groups in total. The van der Waals surface area contributed by atoms with E-state index in [-0.39, 0.29) is 5.91 Å². The van der Waals surface area contributed by atoms with Gasteiger partial charge in [-0.3, -0.25) is 4.79 Å². The van der Waals surface area contributed by atoms with Crippen molar-refractivity contribution in [3.05, 3.63) is 0 Å². The van der Waals surface area contributed by atoms with Crippen LogP contribution in [0.2, 0.25) is 0 Å². The van der Waals surface area contributed by atoms with Crippen LogP contribution < -0.4 is 11.1 Å². The normalized spacial score (nSPS) is 26.9. The summed E-state index contributed by atoms with van der Waals surface area (Å²) in [4.78, 5) is 11.5. The maximum absolute atomic E-state index is 11.5. The van der Waals surface area contributed by atoms with Crippen molar-refractivity contribution in [3.63, 3.8) is 0 Å². The predicted octanol–water partition coefficient (Wildman–Crippen LogP) is 1.28. The summed E-state index contributed by atoms with van der Waals surface area (Å²) in [6.45, 7) is 4.89. The monoisotopic (exact) mass is 198 g/mol. The van der Waals surface area contributed by atoms with E-state index < -0.39 is 0 Å². The van der Waals surface area contributed by atoms with E-state index in [1.54, 1.807) is 0 Å². The molecule has 0 aromatic carbocycles. The van der Waals surface area contributed by atoms with E-state index in [4.69, 9.17) is 5.73 Å². The van der Waals surface area contributed by atoms with Crippen LogP contribution in [-0.2, 0) is 4.79 Å². The van der Waals surface area contributed by atoms with Crippen molar-refractivity contribution in [1.82, 2.24) is 5.32 Å². The maximum Gasteiger partial charge on any atom is 0.220 e. The van der Waals surface area contributed by atoms with E-state index in [9.17, 15) is 4.79 Å². The van der Waals surface area contributed by atoms with Gasteiger partial charge in [0.05, 0.1) is 0 Å². The second-order valence-corrected chi connectivity index (χ2v) is 4.78. The highest BCUT2D eigenvalue weighted by atomic mass is 16.1. The van der Waals surface area contributed by atoms with Gasteiger partial charge in [-0.25, -0.2) is 0 Å². The predicted molar refractivity (Wildman–Crippen MR) is 57.8 cm³/mol. The van der Waals surface area contributed by atoms with Gasteiger partial charge >= 0.3 is 0 Å². The fourth-order valence-corrected chi connectivity index (χ4v) is 2.08. The Morgan fingerprint density at radius 3 is 2.71 bits per heavy atom. The fraction of sp³-hybridized carbons (Fsp3) is 0.909. The van der Waals surface area contributed by atoms with E-state index in [0.717, 1.165) is 19.4 Å². The van der Waals surface area contributed by atoms with Crippen molar-refractivity contribution in [1.29, 1.82) is 0 Å². The summed E-state index contributed by atoms with van der Waals surface area (Å²) < 4.78 is 0. The number of nitrogens with one attached hydrogen (secondary N) is 1. The molecule has 1 amide bonds. The molecule has 0 saturated heterocycles. The summed E-state index contributed by atoms with van der Waals surface area (Å²) >= 11 is 0. The molecule has 0 aromatic rings. The van der Waals surface area contributed by atoms with Crippen LogP contribution in [0.1, 0.15) is 39.5 Å². The summed E-state index contributed by atoms with van der Waals surface area (Å²) in [6, 6.07) is 0.384. The maximum atomic E-state index is 11.5. The number of nitrogens with two attached hydrogens (primary N) is 1. The zero-order chi connectivity index (χ0) is 10.6. The molecule has 0 bridgehead atoms. The molecule has 1 rings (SSSR count). The van der Waals surface area contributed by atoms with Gasteiger partial charge in [-0.05, 0) is 37.6 Å². The molecule has 2 atom stereocenters. The summed E-state index contributed by atoms with van der Waals surface area (Å²) in [5, 5.41) is 3.08. The first-order valence-electron chi connectivity index (χ1n) is 5.61. The summed E-state index contributed by atoms with van der Waals surface area (Å²) in [5.41, 5.74) is 5.59. The van der Waals surface area contributed by atoms with Crippen LogP contribution in [0.4, 0.5) is 0 Å². The summed E-state index contributed by atoms with van der Waals surface area (Å²) in [7, 11) is 0. The standard InChI is InChI=1S/C11H22N2O/c1-8(2)5-11(14)13-10-4-3-9(6-10)7-12/h8-10H,3-7,12H2,1-2H3,(H,13,14). The van der Waals surface area contributed by atoms with Gasteiger partial charge in [-0.2, -0.15) is 0 Å². The van der Waals surface area contributed by atoms with Crippen LogP contribution in [0.15, 0.2) is 0 Å². The molecule has 3 heteroatoms. The average molecular weight is 198 g/mol. The molecule has 82 valence electrons. The molecule has 14 heavy (non-hydrogen) atoms. The van der Waals surface area contributed by atoms with Crippen LogP contribution in [0.25, 0.3) is 0 Å². The van der Waals surface area contributed by atoms with Gasteiger partial charge in [-0.15, -0.1) is 0 Å². The second kappa shape index (κ2) is 5.35. The van der Waals surface area contributed by atoms with Gasteiger partial charge in [0, 0.05) is 12.5 Å². The third-order valence-corrected chi connectivity index (χ3v) is 2.83. The molecule has 3 nitrogen and oxygen atoms in total. The SMILES string of the molecule is CC(C)CC(=O)NC1CCC(CN)C1. The van der Waals surface area contributed by atoms with Gasteiger partial charge < -0.3 is 11.1 Å². The second-order valence-electron chi connectivity index (χ2n) is 4.78. The van der Waals surface area contributed by atoms with E-state index in [2.05, 4.69) is 19.2 Å². The largest absolute Gasteiger partial charge is 0.353 e. The third kappa shape index (κ3) is 3.66. The number of hydrogen-bond donors (Lipinski definition) is 2. The molecular weight excluding hydrogens is 176 g/mol. The molecule has 1 saturated carbocycles. The minimum Gasteiger partial charge on any atom is -0.353 e. The Morgan fingerprint density at radius 2 is 2.21 bits per heavy atom. The lowest BCUT2D eigenvalue weighted by Gasteiger charge is -2.13. The van der Waals surface area contributed by atoms with Crippen LogP contribution in [0.3, 0.4) is 0 Å². The van der Waals surface area contributed by atoms with Crippen molar-refractivity contribution in [2.45, 2.75) is 45.6 Å². The topological polar surface area (TPSA) is 55.1 Å². The Morgan fingerprint density at radius 1 is 1.50 bits per heavy atom. The van der Waals surface area contributed by atoms with Gasteiger partial charge in [0.25, 0.3) is 0 Å². The third-order valence-electron chi connectivity index (χ3n) is 2.83.